The normalized spacial score (nSPS) is 27.9. The van der Waals surface area contributed by atoms with Crippen LogP contribution in [-0.2, 0) is 33.2 Å². The van der Waals surface area contributed by atoms with Crippen molar-refractivity contribution >= 4 is 5.91 Å². The fraction of sp³-hybridized carbons (Fsp3) is 0.851. The molecule has 93 heavy (non-hydrogen) atoms. The van der Waals surface area contributed by atoms with Crippen LogP contribution in [0.25, 0.3) is 0 Å². The number of hydrogen-bond donors (Lipinski definition) is 12. The van der Waals surface area contributed by atoms with Crippen molar-refractivity contribution in [1.29, 1.82) is 0 Å². The summed E-state index contributed by atoms with van der Waals surface area (Å²) >= 11 is 0. The van der Waals surface area contributed by atoms with Gasteiger partial charge >= 0.3 is 0 Å². The van der Waals surface area contributed by atoms with Crippen LogP contribution in [0, 0.1) is 0 Å². The lowest BCUT2D eigenvalue weighted by Crippen LogP contribution is -2.66. The number of hydrogen-bond acceptors (Lipinski definition) is 18. The lowest BCUT2D eigenvalue weighted by molar-refractivity contribution is -0.379. The van der Waals surface area contributed by atoms with Gasteiger partial charge in [-0.3, -0.25) is 4.79 Å². The number of unbranched alkanes of at least 4 members (excludes halogenated alkanes) is 33. The highest BCUT2D eigenvalue weighted by atomic mass is 16.8. The fourth-order valence-corrected chi connectivity index (χ4v) is 12.3. The van der Waals surface area contributed by atoms with Crippen LogP contribution in [-0.4, -0.2) is 193 Å². The quantitative estimate of drug-likeness (QED) is 0.0199. The highest BCUT2D eigenvalue weighted by molar-refractivity contribution is 5.76. The van der Waals surface area contributed by atoms with E-state index in [0.717, 1.165) is 51.4 Å². The molecule has 0 aromatic rings. The molecule has 19 nitrogen and oxygen atoms in total. The van der Waals surface area contributed by atoms with Gasteiger partial charge in [-0.1, -0.05) is 254 Å². The minimum absolute atomic E-state index is 0.236. The van der Waals surface area contributed by atoms with E-state index >= 15 is 0 Å². The largest absolute Gasteiger partial charge is 0.394 e. The van der Waals surface area contributed by atoms with Crippen LogP contribution in [0.4, 0.5) is 0 Å². The van der Waals surface area contributed by atoms with Gasteiger partial charge in [-0.25, -0.2) is 0 Å². The van der Waals surface area contributed by atoms with Crippen LogP contribution in [0.5, 0.6) is 0 Å². The summed E-state index contributed by atoms with van der Waals surface area (Å²) in [5.74, 6) is -0.284. The Morgan fingerprint density at radius 1 is 0.387 bits per heavy atom. The number of amides is 1. The number of carbonyl (C=O) groups is 1. The van der Waals surface area contributed by atoms with Crippen LogP contribution in [0.1, 0.15) is 271 Å². The van der Waals surface area contributed by atoms with Crippen molar-refractivity contribution in [3.8, 4) is 0 Å². The van der Waals surface area contributed by atoms with Gasteiger partial charge in [0.2, 0.25) is 5.91 Å². The fourth-order valence-electron chi connectivity index (χ4n) is 12.3. The second-order valence-electron chi connectivity index (χ2n) is 26.4. The van der Waals surface area contributed by atoms with Crippen LogP contribution < -0.4 is 5.32 Å². The molecule has 0 aromatic heterocycles. The predicted octanol–water partition coefficient (Wildman–Crippen LogP) is 10.7. The Labute approximate surface area is 560 Å². The molecule has 0 spiro atoms. The summed E-state index contributed by atoms with van der Waals surface area (Å²) in [6, 6.07) is -0.991. The Kier molecular flexibility index (Phi) is 50.4. The number of carbonyl (C=O) groups excluding carboxylic acids is 1. The van der Waals surface area contributed by atoms with Crippen molar-refractivity contribution < 1.29 is 89.4 Å². The maximum Gasteiger partial charge on any atom is 0.220 e. The van der Waals surface area contributed by atoms with Crippen LogP contribution in [0.15, 0.2) is 60.8 Å². The topological polar surface area (TPSA) is 307 Å². The van der Waals surface area contributed by atoms with Gasteiger partial charge in [-0.05, 0) is 70.6 Å². The molecule has 3 rings (SSSR count). The summed E-state index contributed by atoms with van der Waals surface area (Å²) in [7, 11) is 0. The summed E-state index contributed by atoms with van der Waals surface area (Å²) in [5, 5.41) is 120. The van der Waals surface area contributed by atoms with E-state index in [1.165, 1.54) is 186 Å². The first-order valence-corrected chi connectivity index (χ1v) is 37.0. The highest BCUT2D eigenvalue weighted by Crippen LogP contribution is 2.33. The summed E-state index contributed by atoms with van der Waals surface area (Å²) in [4.78, 5) is 13.4. The number of aliphatic hydroxyl groups excluding tert-OH is 11. The zero-order valence-corrected chi connectivity index (χ0v) is 57.5. The van der Waals surface area contributed by atoms with Gasteiger partial charge < -0.3 is 89.9 Å². The van der Waals surface area contributed by atoms with E-state index in [9.17, 15) is 61.0 Å². The Balaban J connectivity index is 1.36. The van der Waals surface area contributed by atoms with E-state index in [1.54, 1.807) is 6.08 Å². The third-order valence-corrected chi connectivity index (χ3v) is 18.3. The summed E-state index contributed by atoms with van der Waals surface area (Å²) in [6.45, 7) is 1.71. The van der Waals surface area contributed by atoms with E-state index in [0.29, 0.717) is 12.8 Å². The van der Waals surface area contributed by atoms with Crippen LogP contribution >= 0.6 is 0 Å². The zero-order chi connectivity index (χ0) is 67.5. The molecule has 3 aliphatic rings. The van der Waals surface area contributed by atoms with E-state index in [1.807, 2.05) is 6.08 Å². The van der Waals surface area contributed by atoms with Gasteiger partial charge in [0.1, 0.15) is 73.2 Å². The van der Waals surface area contributed by atoms with E-state index in [-0.39, 0.29) is 18.9 Å². The minimum atomic E-state index is -1.98. The van der Waals surface area contributed by atoms with Crippen LogP contribution in [0.2, 0.25) is 0 Å². The molecular formula is C74H133NO18. The monoisotopic (exact) mass is 1320 g/mol. The SMILES string of the molecule is CCCCCCC/C=C\C/C=C\C/C=C\CCCCCCCCCCCCCCCCCCCCC(=O)NC(COC1OC(CO)C(OC2OC(CO)C(OC3OC(CO)C(O)C(O)C3O)C(O)C2O)C(O)C1O)C(O)/C=C/CC/C=C/CCCCCCCCCCC. The molecule has 542 valence electrons. The number of nitrogens with one attached hydrogen (secondary N) is 1. The van der Waals surface area contributed by atoms with Crippen LogP contribution in [0.3, 0.4) is 0 Å². The maximum atomic E-state index is 13.4. The Morgan fingerprint density at radius 2 is 0.720 bits per heavy atom. The first-order chi connectivity index (χ1) is 45.3. The molecule has 3 heterocycles. The average molecular weight is 1320 g/mol. The third kappa shape index (κ3) is 36.8. The van der Waals surface area contributed by atoms with Gasteiger partial charge in [0.15, 0.2) is 18.9 Å². The van der Waals surface area contributed by atoms with Crippen molar-refractivity contribution in [2.24, 2.45) is 0 Å². The van der Waals surface area contributed by atoms with Gasteiger partial charge in [0.05, 0.1) is 38.6 Å². The Morgan fingerprint density at radius 3 is 1.15 bits per heavy atom. The van der Waals surface area contributed by atoms with E-state index in [2.05, 4.69) is 67.8 Å². The second kappa shape index (κ2) is 55.4. The Bertz CT molecular complexity index is 1920. The average Bonchev–Trinajstić information content (AvgIpc) is 0.902. The molecule has 0 aliphatic carbocycles. The molecule has 0 bridgehead atoms. The predicted molar refractivity (Wildman–Crippen MR) is 365 cm³/mol. The molecule has 12 N–H and O–H groups in total. The maximum absolute atomic E-state index is 13.4. The van der Waals surface area contributed by atoms with Gasteiger partial charge in [-0.2, -0.15) is 0 Å². The van der Waals surface area contributed by atoms with Crippen molar-refractivity contribution in [2.75, 3.05) is 26.4 Å². The third-order valence-electron chi connectivity index (χ3n) is 18.3. The first-order valence-electron chi connectivity index (χ1n) is 37.0. The molecule has 3 fully saturated rings. The number of ether oxygens (including phenoxy) is 6. The van der Waals surface area contributed by atoms with Crippen molar-refractivity contribution in [3.05, 3.63) is 60.8 Å². The molecule has 17 unspecified atom stereocenters. The lowest BCUT2D eigenvalue weighted by atomic mass is 9.96. The number of allylic oxidation sites excluding steroid dienone is 9. The molecule has 3 aliphatic heterocycles. The molecule has 17 atom stereocenters. The lowest BCUT2D eigenvalue weighted by Gasteiger charge is -2.48. The highest BCUT2D eigenvalue weighted by Gasteiger charge is 2.53. The second-order valence-corrected chi connectivity index (χ2v) is 26.4. The number of rotatable bonds is 57. The molecule has 0 radical (unpaired) electrons. The van der Waals surface area contributed by atoms with Gasteiger partial charge in [0.25, 0.3) is 0 Å². The molecule has 0 aromatic carbocycles. The molecule has 0 saturated carbocycles. The zero-order valence-electron chi connectivity index (χ0n) is 57.5. The van der Waals surface area contributed by atoms with E-state index < -0.39 is 124 Å². The minimum Gasteiger partial charge on any atom is -0.394 e. The number of aliphatic hydroxyl groups is 11. The van der Waals surface area contributed by atoms with Crippen molar-refractivity contribution in [2.45, 2.75) is 375 Å². The standard InChI is InChI=1S/C74H133NO18/c1-3-5-7-9-11-13-15-17-19-20-21-22-23-24-25-26-27-28-29-30-31-32-33-34-35-36-38-40-42-44-46-48-50-52-62(80)75-57(58(79)51-49-47-45-43-41-39-37-18-16-14-12-10-8-6-4-2)56-88-72-68(86)65(83)70(60(54-77)90-72)93-74-69(87)66(84)71(61(55-78)91-74)92-73-67(85)64(82)63(81)59(53-76)89-73/h15,17,20-21,23-24,41,43,49,51,57-61,63-74,76-79,81-87H,3-14,16,18-19,22,25-40,42,44-48,50,52-56H2,1-2H3,(H,75,80)/b17-15-,21-20-,24-23-,43-41+,51-49+. The Hall–Kier alpha value is -2.51. The summed E-state index contributed by atoms with van der Waals surface area (Å²) in [5.41, 5.74) is 0. The summed E-state index contributed by atoms with van der Waals surface area (Å²) in [6.07, 6.45) is 42.2. The van der Waals surface area contributed by atoms with Crippen molar-refractivity contribution in [3.63, 3.8) is 0 Å². The van der Waals surface area contributed by atoms with E-state index in [4.69, 9.17) is 28.4 Å². The molecule has 1 amide bonds. The molecule has 19 heteroatoms. The molecule has 3 saturated heterocycles. The van der Waals surface area contributed by atoms with Gasteiger partial charge in [0, 0.05) is 6.42 Å². The van der Waals surface area contributed by atoms with Crippen molar-refractivity contribution in [1.82, 2.24) is 5.32 Å². The smallest absolute Gasteiger partial charge is 0.220 e. The summed E-state index contributed by atoms with van der Waals surface area (Å²) < 4.78 is 34.3. The first kappa shape index (κ1) is 84.7. The molecular weight excluding hydrogens is 1190 g/mol. The van der Waals surface area contributed by atoms with Gasteiger partial charge in [-0.15, -0.1) is 0 Å².